The number of ether oxygens (including phenoxy) is 1. The van der Waals surface area contributed by atoms with Gasteiger partial charge in [-0.05, 0) is 87.1 Å². The van der Waals surface area contributed by atoms with E-state index in [1.165, 1.54) is 10.1 Å². The van der Waals surface area contributed by atoms with E-state index in [0.717, 1.165) is 92.4 Å². The van der Waals surface area contributed by atoms with E-state index in [2.05, 4.69) is 67.4 Å². The lowest BCUT2D eigenvalue weighted by molar-refractivity contribution is -0.136. The number of anilines is 1. The molecule has 0 spiro atoms. The topological polar surface area (TPSA) is 152 Å². The molecule has 3 N–H and O–H groups in total. The number of carbonyl (C=O) groups is 2. The lowest BCUT2D eigenvalue weighted by atomic mass is 9.93. The summed E-state index contributed by atoms with van der Waals surface area (Å²) in [6.45, 7) is 8.19. The normalized spacial score (nSPS) is 21.0. The minimum Gasteiger partial charge on any atom is -0.393 e. The standard InChI is InChI=1S/C46H58F3N9O5/c1-30(32-7-9-33(10-8-32)37-29-57(34-11-13-35(59)14-12-34)42-36(37)28-51-44(53-42)50-19-18-46(47,48)49)56-23-21-55(22-24-56)20-4-26-63-25-3-5-31-6-15-38-40(27-31)54(2)45(62)58(38)39-16-17-41(60)52-43(39)61/h6-10,15,27-30,34-35,39,59H,3-5,11-14,16-26H2,1-2H3,(H,50,51,53)(H,52,60,61)/t30-,34-,35-,39?/m1/s1. The van der Waals surface area contributed by atoms with Crippen LogP contribution < -0.4 is 16.3 Å². The van der Waals surface area contributed by atoms with Gasteiger partial charge in [0.15, 0.2) is 0 Å². The first kappa shape index (κ1) is 44.5. The van der Waals surface area contributed by atoms with E-state index in [1.807, 2.05) is 18.2 Å². The zero-order valence-corrected chi connectivity index (χ0v) is 36.1. The number of rotatable bonds is 16. The third-order valence-corrected chi connectivity index (χ3v) is 13.2. The van der Waals surface area contributed by atoms with Gasteiger partial charge in [0, 0.05) is 101 Å². The third-order valence-electron chi connectivity index (χ3n) is 13.2. The molecule has 2 amide bonds. The second kappa shape index (κ2) is 19.3. The third kappa shape index (κ3) is 10.3. The van der Waals surface area contributed by atoms with Crippen LogP contribution in [0.3, 0.4) is 0 Å². The molecule has 3 fully saturated rings. The van der Waals surface area contributed by atoms with Crippen molar-refractivity contribution in [2.45, 2.75) is 102 Å². The van der Waals surface area contributed by atoms with Crippen LogP contribution in [0.1, 0.15) is 94.0 Å². The number of aromatic nitrogens is 5. The first-order valence-electron chi connectivity index (χ1n) is 22.4. The van der Waals surface area contributed by atoms with Crippen molar-refractivity contribution in [3.8, 4) is 11.1 Å². The van der Waals surface area contributed by atoms with Gasteiger partial charge in [0.05, 0.1) is 23.6 Å². The number of carbonyl (C=O) groups excluding carboxylic acids is 2. The lowest BCUT2D eigenvalue weighted by Gasteiger charge is -2.38. The summed E-state index contributed by atoms with van der Waals surface area (Å²) in [5, 5.41) is 16.1. The van der Waals surface area contributed by atoms with Crippen molar-refractivity contribution in [1.29, 1.82) is 0 Å². The van der Waals surface area contributed by atoms with E-state index in [-0.39, 0.29) is 48.7 Å². The second-order valence-electron chi connectivity index (χ2n) is 17.4. The Labute approximate surface area is 364 Å². The van der Waals surface area contributed by atoms with Crippen LogP contribution >= 0.6 is 0 Å². The summed E-state index contributed by atoms with van der Waals surface area (Å²) in [5.41, 5.74) is 6.19. The molecule has 8 rings (SSSR count). The largest absolute Gasteiger partial charge is 0.393 e. The number of aryl methyl sites for hydroxylation is 2. The first-order valence-corrected chi connectivity index (χ1v) is 22.4. The molecule has 338 valence electrons. The molecule has 2 aromatic carbocycles. The fourth-order valence-electron chi connectivity index (χ4n) is 9.47. The van der Waals surface area contributed by atoms with Gasteiger partial charge < -0.3 is 24.6 Å². The van der Waals surface area contributed by atoms with Gasteiger partial charge in [-0.1, -0.05) is 30.3 Å². The molecular weight excluding hydrogens is 816 g/mol. The molecule has 2 atom stereocenters. The second-order valence-corrected chi connectivity index (χ2v) is 17.4. The van der Waals surface area contributed by atoms with Crippen LogP contribution in [0.15, 0.2) is 59.7 Å². The molecule has 14 nitrogen and oxygen atoms in total. The number of alkyl halides is 3. The molecule has 1 saturated carbocycles. The Morgan fingerprint density at radius 1 is 0.952 bits per heavy atom. The highest BCUT2D eigenvalue weighted by Crippen LogP contribution is 2.37. The number of piperidine rings is 1. The summed E-state index contributed by atoms with van der Waals surface area (Å²) in [5.74, 6) is -0.573. The number of amides is 2. The number of benzene rings is 2. The predicted octanol–water partition coefficient (Wildman–Crippen LogP) is 6.29. The number of hydrogen-bond donors (Lipinski definition) is 3. The minimum atomic E-state index is -4.27. The monoisotopic (exact) mass is 873 g/mol. The number of imidazole rings is 1. The molecule has 63 heavy (non-hydrogen) atoms. The van der Waals surface area contributed by atoms with Crippen molar-refractivity contribution in [3.05, 3.63) is 76.5 Å². The van der Waals surface area contributed by atoms with Gasteiger partial charge in [-0.15, -0.1) is 0 Å². The van der Waals surface area contributed by atoms with E-state index in [9.17, 15) is 32.7 Å². The molecule has 0 bridgehead atoms. The van der Waals surface area contributed by atoms with Crippen molar-refractivity contribution >= 4 is 39.8 Å². The number of aliphatic hydroxyl groups excluding tert-OH is 1. The molecule has 5 heterocycles. The van der Waals surface area contributed by atoms with Crippen molar-refractivity contribution in [3.63, 3.8) is 0 Å². The average molecular weight is 874 g/mol. The number of hydrogen-bond acceptors (Lipinski definition) is 10. The summed E-state index contributed by atoms with van der Waals surface area (Å²) < 4.78 is 49.6. The Kier molecular flexibility index (Phi) is 13.7. The highest BCUT2D eigenvalue weighted by Gasteiger charge is 2.32. The highest BCUT2D eigenvalue weighted by atomic mass is 19.4. The molecule has 2 aliphatic heterocycles. The first-order chi connectivity index (χ1) is 30.3. The number of imide groups is 1. The van der Waals surface area contributed by atoms with Crippen LogP contribution in [0, 0.1) is 0 Å². The van der Waals surface area contributed by atoms with Crippen molar-refractivity contribution in [2.75, 3.05) is 57.8 Å². The van der Waals surface area contributed by atoms with Crippen LogP contribution in [0.5, 0.6) is 0 Å². The highest BCUT2D eigenvalue weighted by molar-refractivity contribution is 6.00. The molecule has 0 radical (unpaired) electrons. The van der Waals surface area contributed by atoms with Crippen LogP contribution in [-0.2, 0) is 27.8 Å². The fraction of sp³-hybridized carbons (Fsp3) is 0.543. The van der Waals surface area contributed by atoms with E-state index in [4.69, 9.17) is 9.72 Å². The maximum Gasteiger partial charge on any atom is 0.390 e. The SMILES string of the molecule is C[C@H](c1ccc(-c2cn([C@H]3CC[C@H](O)CC3)c3nc(NCCC(F)(F)F)ncc23)cc1)N1CCN(CCCOCCCc2ccc3c(c2)n(C)c(=O)n3C2CCC(=O)NC2=O)CC1. The average Bonchev–Trinajstić information content (AvgIpc) is 3.76. The molecule has 1 aliphatic carbocycles. The molecule has 3 aromatic heterocycles. The van der Waals surface area contributed by atoms with Gasteiger partial charge in [-0.3, -0.25) is 28.9 Å². The quantitative estimate of drug-likeness (QED) is 0.0763. The van der Waals surface area contributed by atoms with Gasteiger partial charge in [-0.2, -0.15) is 18.2 Å². The van der Waals surface area contributed by atoms with Gasteiger partial charge in [0.2, 0.25) is 17.8 Å². The van der Waals surface area contributed by atoms with E-state index < -0.39 is 24.5 Å². The molecular formula is C46H58F3N9O5. The number of nitrogens with one attached hydrogen (secondary N) is 2. The molecule has 5 aromatic rings. The Morgan fingerprint density at radius 2 is 1.70 bits per heavy atom. The van der Waals surface area contributed by atoms with Gasteiger partial charge in [0.25, 0.3) is 0 Å². The summed E-state index contributed by atoms with van der Waals surface area (Å²) in [7, 11) is 1.71. The number of nitrogens with zero attached hydrogens (tertiary/aromatic N) is 7. The minimum absolute atomic E-state index is 0.128. The van der Waals surface area contributed by atoms with E-state index in [1.54, 1.807) is 17.8 Å². The molecule has 3 aliphatic rings. The number of piperazine rings is 1. The summed E-state index contributed by atoms with van der Waals surface area (Å²) in [6, 6.07) is 14.2. The van der Waals surface area contributed by atoms with Crippen LogP contribution in [-0.4, -0.2) is 115 Å². The number of fused-ring (bicyclic) bond motifs is 2. The predicted molar refractivity (Wildman–Crippen MR) is 234 cm³/mol. The van der Waals surface area contributed by atoms with Crippen molar-refractivity contribution in [2.24, 2.45) is 7.05 Å². The van der Waals surface area contributed by atoms with Crippen LogP contribution in [0.4, 0.5) is 19.1 Å². The zero-order valence-electron chi connectivity index (χ0n) is 36.1. The molecule has 17 heteroatoms. The number of aliphatic hydroxyl groups is 1. The Morgan fingerprint density at radius 3 is 2.43 bits per heavy atom. The lowest BCUT2D eigenvalue weighted by Crippen LogP contribution is -2.47. The Hall–Kier alpha value is -5.10. The Balaban J connectivity index is 0.786. The summed E-state index contributed by atoms with van der Waals surface area (Å²) in [4.78, 5) is 51.3. The number of halogens is 3. The summed E-state index contributed by atoms with van der Waals surface area (Å²) >= 11 is 0. The van der Waals surface area contributed by atoms with E-state index in [0.29, 0.717) is 43.6 Å². The van der Waals surface area contributed by atoms with Crippen LogP contribution in [0.25, 0.3) is 33.2 Å². The van der Waals surface area contributed by atoms with Gasteiger partial charge >= 0.3 is 11.9 Å². The van der Waals surface area contributed by atoms with Gasteiger partial charge in [0.1, 0.15) is 11.7 Å². The maximum atomic E-state index is 13.1. The van der Waals surface area contributed by atoms with Crippen molar-refractivity contribution in [1.82, 2.24) is 38.8 Å². The fourth-order valence-corrected chi connectivity index (χ4v) is 9.47. The van der Waals surface area contributed by atoms with Crippen LogP contribution in [0.2, 0.25) is 0 Å². The van der Waals surface area contributed by atoms with Gasteiger partial charge in [-0.25, -0.2) is 9.78 Å². The zero-order chi connectivity index (χ0) is 44.3. The van der Waals surface area contributed by atoms with E-state index >= 15 is 0 Å². The maximum absolute atomic E-state index is 13.1. The summed E-state index contributed by atoms with van der Waals surface area (Å²) in [6.07, 6.45) is 4.35. The molecule has 1 unspecified atom stereocenters. The molecule has 2 saturated heterocycles. The van der Waals surface area contributed by atoms with Crippen molar-refractivity contribution < 1.29 is 32.6 Å². The Bertz CT molecular complexity index is 2450. The smallest absolute Gasteiger partial charge is 0.390 e.